The van der Waals surface area contributed by atoms with E-state index < -0.39 is 0 Å². The van der Waals surface area contributed by atoms with Gasteiger partial charge in [0.15, 0.2) is 0 Å². The van der Waals surface area contributed by atoms with Crippen LogP contribution in [0.5, 0.6) is 0 Å². The lowest BCUT2D eigenvalue weighted by Gasteiger charge is -2.29. The minimum absolute atomic E-state index is 0.871. The largest absolute Gasteiger partial charge is 0.456 e. The fraction of sp³-hybridized carbons (Fsp3) is 0. The molecule has 0 N–H and O–H groups in total. The predicted octanol–water partition coefficient (Wildman–Crippen LogP) is 15.6. The molecule has 0 unspecified atom stereocenters. The number of fused-ring (bicyclic) bond motifs is 7. The highest BCUT2D eigenvalue weighted by atomic mass is 32.1. The molecule has 0 saturated carbocycles. The summed E-state index contributed by atoms with van der Waals surface area (Å²) in [6, 6.07) is 72.1. The van der Waals surface area contributed by atoms with Crippen molar-refractivity contribution in [2.24, 2.45) is 0 Å². The molecule has 0 saturated heterocycles. The molecule has 0 atom stereocenters. The van der Waals surface area contributed by atoms with Crippen molar-refractivity contribution in [3.05, 3.63) is 200 Å². The van der Waals surface area contributed by atoms with Gasteiger partial charge in [-0.25, -0.2) is 0 Å². The lowest BCUT2D eigenvalue weighted by atomic mass is 9.96. The highest BCUT2D eigenvalue weighted by Gasteiger charge is 2.23. The first-order valence-corrected chi connectivity index (χ1v) is 19.5. The number of furan rings is 1. The molecule has 0 amide bonds. The molecule has 2 heterocycles. The maximum Gasteiger partial charge on any atom is 0.137 e. The third-order valence-corrected chi connectivity index (χ3v) is 12.1. The molecule has 2 aromatic heterocycles. The average Bonchev–Trinajstić information content (AvgIpc) is 3.83. The van der Waals surface area contributed by atoms with Crippen LogP contribution >= 0.6 is 11.3 Å². The van der Waals surface area contributed by atoms with Crippen molar-refractivity contribution in [1.29, 1.82) is 0 Å². The van der Waals surface area contributed by atoms with Gasteiger partial charge in [-0.15, -0.1) is 11.3 Å². The van der Waals surface area contributed by atoms with E-state index in [1.54, 1.807) is 0 Å². The van der Waals surface area contributed by atoms with Gasteiger partial charge in [0.1, 0.15) is 11.2 Å². The van der Waals surface area contributed by atoms with Crippen LogP contribution in [0.15, 0.2) is 205 Å². The first kappa shape index (κ1) is 31.6. The predicted molar refractivity (Wildman–Crippen MR) is 235 cm³/mol. The minimum atomic E-state index is 0.871. The zero-order chi connectivity index (χ0) is 36.3. The topological polar surface area (TPSA) is 16.4 Å². The molecule has 9 aromatic carbocycles. The van der Waals surface area contributed by atoms with Gasteiger partial charge in [-0.2, -0.15) is 0 Å². The molecular formula is C52H33NOS. The Bertz CT molecular complexity index is 3200. The highest BCUT2D eigenvalue weighted by Crippen LogP contribution is 2.48. The van der Waals surface area contributed by atoms with E-state index >= 15 is 0 Å². The van der Waals surface area contributed by atoms with Crippen LogP contribution in [-0.4, -0.2) is 0 Å². The van der Waals surface area contributed by atoms with Gasteiger partial charge >= 0.3 is 0 Å². The molecule has 11 rings (SSSR count). The van der Waals surface area contributed by atoms with E-state index in [-0.39, 0.29) is 0 Å². The van der Waals surface area contributed by atoms with Crippen LogP contribution in [0.25, 0.3) is 86.3 Å². The number of nitrogens with zero attached hydrogens (tertiary/aromatic N) is 1. The first-order valence-electron chi connectivity index (χ1n) is 18.7. The van der Waals surface area contributed by atoms with Gasteiger partial charge in [0.25, 0.3) is 0 Å². The highest BCUT2D eigenvalue weighted by molar-refractivity contribution is 7.26. The smallest absolute Gasteiger partial charge is 0.137 e. The summed E-state index contributed by atoms with van der Waals surface area (Å²) in [7, 11) is 0. The Hall–Kier alpha value is -6.94. The third-order valence-electron chi connectivity index (χ3n) is 10.9. The van der Waals surface area contributed by atoms with Gasteiger partial charge in [-0.05, 0) is 75.5 Å². The van der Waals surface area contributed by atoms with E-state index in [1.165, 1.54) is 64.3 Å². The molecule has 0 fully saturated rings. The fourth-order valence-corrected chi connectivity index (χ4v) is 9.56. The zero-order valence-electron chi connectivity index (χ0n) is 29.8. The van der Waals surface area contributed by atoms with Crippen LogP contribution in [0.4, 0.5) is 17.1 Å². The Labute approximate surface area is 322 Å². The van der Waals surface area contributed by atoms with Gasteiger partial charge in [0, 0.05) is 42.4 Å². The Morgan fingerprint density at radius 1 is 0.364 bits per heavy atom. The maximum atomic E-state index is 6.44. The van der Waals surface area contributed by atoms with E-state index in [2.05, 4.69) is 199 Å². The molecule has 0 spiro atoms. The average molecular weight is 720 g/mol. The molecule has 11 aromatic rings. The number of thiophene rings is 1. The number of para-hydroxylation sites is 2. The second-order valence-electron chi connectivity index (χ2n) is 14.0. The van der Waals surface area contributed by atoms with E-state index in [0.717, 1.165) is 39.0 Å². The molecule has 55 heavy (non-hydrogen) atoms. The molecule has 0 aliphatic carbocycles. The van der Waals surface area contributed by atoms with Crippen molar-refractivity contribution >= 4 is 81.3 Å². The van der Waals surface area contributed by atoms with Crippen molar-refractivity contribution in [1.82, 2.24) is 0 Å². The Balaban J connectivity index is 1.07. The molecule has 0 aliphatic heterocycles. The molecule has 3 heteroatoms. The van der Waals surface area contributed by atoms with Crippen molar-refractivity contribution in [2.75, 3.05) is 4.90 Å². The summed E-state index contributed by atoms with van der Waals surface area (Å²) in [5, 5.41) is 7.32. The van der Waals surface area contributed by atoms with Gasteiger partial charge in [-0.1, -0.05) is 158 Å². The molecule has 0 aliphatic rings. The summed E-state index contributed by atoms with van der Waals surface area (Å²) in [4.78, 5) is 2.42. The maximum absolute atomic E-state index is 6.44. The quantitative estimate of drug-likeness (QED) is 0.170. The van der Waals surface area contributed by atoms with Gasteiger partial charge in [0.2, 0.25) is 0 Å². The summed E-state index contributed by atoms with van der Waals surface area (Å²) in [6.07, 6.45) is 0. The number of benzene rings is 9. The van der Waals surface area contributed by atoms with Crippen molar-refractivity contribution in [3.63, 3.8) is 0 Å². The number of rotatable bonds is 6. The summed E-state index contributed by atoms with van der Waals surface area (Å²) in [6.45, 7) is 0. The van der Waals surface area contributed by atoms with Crippen molar-refractivity contribution in [3.8, 4) is 33.4 Å². The molecular weight excluding hydrogens is 687 g/mol. The number of hydrogen-bond donors (Lipinski definition) is 0. The Kier molecular flexibility index (Phi) is 7.39. The lowest BCUT2D eigenvalue weighted by molar-refractivity contribution is 0.669. The lowest BCUT2D eigenvalue weighted by Crippen LogP contribution is -2.11. The van der Waals surface area contributed by atoms with Gasteiger partial charge in [0.05, 0.1) is 16.8 Å². The molecule has 258 valence electrons. The standard InChI is InChI=1S/C52H33NOS/c1-2-14-39-36(12-1)13-9-18-40(39)37-28-26-34(27-29-37)35-30-32-38(33-31-35)53(47-22-11-24-49-51(47)45-17-4-7-23-48(45)54-49)46-21-6-3-15-41(46)43-19-10-20-44-42-16-5-8-25-50(42)55-52(43)44/h1-33H. The van der Waals surface area contributed by atoms with E-state index in [4.69, 9.17) is 4.42 Å². The summed E-state index contributed by atoms with van der Waals surface area (Å²) < 4.78 is 9.04. The van der Waals surface area contributed by atoms with Crippen LogP contribution in [-0.2, 0) is 0 Å². The van der Waals surface area contributed by atoms with E-state index in [1.807, 2.05) is 17.4 Å². The normalized spacial score (nSPS) is 11.6. The molecule has 0 bridgehead atoms. The monoisotopic (exact) mass is 719 g/mol. The third kappa shape index (κ3) is 5.24. The number of anilines is 3. The number of hydrogen-bond acceptors (Lipinski definition) is 3. The summed E-state index contributed by atoms with van der Waals surface area (Å²) in [5.41, 5.74) is 12.2. The second kappa shape index (κ2) is 12.9. The van der Waals surface area contributed by atoms with E-state index in [9.17, 15) is 0 Å². The van der Waals surface area contributed by atoms with Crippen LogP contribution in [0.2, 0.25) is 0 Å². The summed E-state index contributed by atoms with van der Waals surface area (Å²) in [5.74, 6) is 0. The Morgan fingerprint density at radius 2 is 0.927 bits per heavy atom. The zero-order valence-corrected chi connectivity index (χ0v) is 30.6. The fourth-order valence-electron chi connectivity index (χ4n) is 8.33. The van der Waals surface area contributed by atoms with Crippen LogP contribution < -0.4 is 4.90 Å². The second-order valence-corrected chi connectivity index (χ2v) is 15.1. The van der Waals surface area contributed by atoms with Gasteiger partial charge in [-0.3, -0.25) is 0 Å². The summed E-state index contributed by atoms with van der Waals surface area (Å²) >= 11 is 1.87. The minimum Gasteiger partial charge on any atom is -0.456 e. The molecule has 2 nitrogen and oxygen atoms in total. The van der Waals surface area contributed by atoms with Crippen LogP contribution in [0, 0.1) is 0 Å². The molecule has 0 radical (unpaired) electrons. The Morgan fingerprint density at radius 3 is 1.80 bits per heavy atom. The first-order chi connectivity index (χ1) is 27.3. The van der Waals surface area contributed by atoms with Crippen molar-refractivity contribution in [2.45, 2.75) is 0 Å². The van der Waals surface area contributed by atoms with Crippen LogP contribution in [0.1, 0.15) is 0 Å². The SMILES string of the molecule is c1ccc(N(c2ccc(-c3ccc(-c4cccc5ccccc45)cc3)cc2)c2cccc3oc4ccccc4c23)c(-c2cccc3c2sc2ccccc23)c1. The van der Waals surface area contributed by atoms with Gasteiger partial charge < -0.3 is 9.32 Å². The van der Waals surface area contributed by atoms with Crippen LogP contribution in [0.3, 0.4) is 0 Å². The van der Waals surface area contributed by atoms with Crippen molar-refractivity contribution < 1.29 is 4.42 Å². The van der Waals surface area contributed by atoms with E-state index in [0.29, 0.717) is 0 Å².